The predicted molar refractivity (Wildman–Crippen MR) is 124 cm³/mol. The van der Waals surface area contributed by atoms with E-state index in [2.05, 4.69) is 20.6 Å². The van der Waals surface area contributed by atoms with Crippen molar-refractivity contribution in [3.8, 4) is 0 Å². The number of urea groups is 1. The van der Waals surface area contributed by atoms with E-state index in [-0.39, 0.29) is 17.9 Å². The van der Waals surface area contributed by atoms with Gasteiger partial charge in [-0.05, 0) is 38.8 Å². The number of nitrogens with one attached hydrogen (secondary N) is 2. The molecule has 0 aromatic carbocycles. The highest BCUT2D eigenvalue weighted by Crippen LogP contribution is 2.17. The van der Waals surface area contributed by atoms with Gasteiger partial charge in [0.25, 0.3) is 0 Å². The van der Waals surface area contributed by atoms with Crippen LogP contribution in [0.4, 0.5) is 4.79 Å². The number of ether oxygens (including phenoxy) is 1. The molecule has 1 atom stereocenters. The molecule has 1 aromatic heterocycles. The second kappa shape index (κ2) is 12.4. The highest BCUT2D eigenvalue weighted by Gasteiger charge is 2.25. The van der Waals surface area contributed by atoms with Crippen molar-refractivity contribution < 1.29 is 19.2 Å². The number of aryl methyl sites for hydroxylation is 1. The normalized spacial score (nSPS) is 17.8. The van der Waals surface area contributed by atoms with Gasteiger partial charge in [0.05, 0.1) is 25.0 Å². The lowest BCUT2D eigenvalue weighted by Gasteiger charge is -2.16. The summed E-state index contributed by atoms with van der Waals surface area (Å²) in [5.41, 5.74) is 4.20. The molecule has 2 amide bonds. The maximum atomic E-state index is 12.5. The number of Topliss-reactive ketones (excluding diaryl/α,β-unsaturated/α-hetero) is 1. The van der Waals surface area contributed by atoms with Gasteiger partial charge in [0, 0.05) is 62.4 Å². The van der Waals surface area contributed by atoms with Crippen LogP contribution in [0.3, 0.4) is 0 Å². The maximum absolute atomic E-state index is 12.5. The summed E-state index contributed by atoms with van der Waals surface area (Å²) in [5, 5.41) is 7.59. The Morgan fingerprint density at radius 1 is 1.38 bits per heavy atom. The molecule has 1 aromatic rings. The van der Waals surface area contributed by atoms with E-state index in [9.17, 15) is 9.59 Å². The molecular formula is C23H35N5O4. The van der Waals surface area contributed by atoms with Gasteiger partial charge in [-0.2, -0.15) is 5.06 Å². The molecule has 1 aliphatic rings. The van der Waals surface area contributed by atoms with Crippen LogP contribution in [0.15, 0.2) is 28.5 Å². The van der Waals surface area contributed by atoms with Crippen molar-refractivity contribution in [3.63, 3.8) is 0 Å². The number of carbonyl (C=O) groups excluding carboxylic acids is 2. The standard InChI is InChI=1S/C23H35N5O4/c1-7-8-21(29)20-11-18(12-25-17(20)4)22(24-5)15(2)16(3)26-23(30)27-19-13-28(32-14-19)9-10-31-6/h11-12,19H,7-10,13-14H2,1-6H3,(H2,26,27,30)/b16-15+,24-22+/t19-/m1/s1. The summed E-state index contributed by atoms with van der Waals surface area (Å²) in [5.74, 6) is 0.0731. The highest BCUT2D eigenvalue weighted by atomic mass is 16.7. The molecule has 1 aliphatic heterocycles. The number of pyridine rings is 1. The van der Waals surface area contributed by atoms with Gasteiger partial charge in [-0.25, -0.2) is 4.79 Å². The second-order valence-corrected chi connectivity index (χ2v) is 7.82. The number of aliphatic imine (C=N–C) groups is 1. The maximum Gasteiger partial charge on any atom is 0.319 e. The van der Waals surface area contributed by atoms with Crippen LogP contribution in [0, 0.1) is 6.92 Å². The SMILES string of the molecule is CCCC(=O)c1cc(C(=N/C)/C(C)=C(\C)NC(=O)N[C@H]2CON(CCOC)C2)cnc1C. The summed E-state index contributed by atoms with van der Waals surface area (Å²) in [6.45, 7) is 9.76. The van der Waals surface area contributed by atoms with Gasteiger partial charge in [0.1, 0.15) is 0 Å². The first kappa shape index (κ1) is 25.6. The molecule has 1 saturated heterocycles. The van der Waals surface area contributed by atoms with Crippen LogP contribution in [0.1, 0.15) is 55.2 Å². The lowest BCUT2D eigenvalue weighted by molar-refractivity contribution is -0.118. The summed E-state index contributed by atoms with van der Waals surface area (Å²) in [4.78, 5) is 39.3. The topological polar surface area (TPSA) is 105 Å². The Bertz CT molecular complexity index is 881. The molecule has 2 rings (SSSR count). The van der Waals surface area contributed by atoms with Crippen LogP contribution >= 0.6 is 0 Å². The lowest BCUT2D eigenvalue weighted by Crippen LogP contribution is -2.44. The molecule has 0 saturated carbocycles. The summed E-state index contributed by atoms with van der Waals surface area (Å²) in [6.07, 6.45) is 2.97. The number of hydroxylamine groups is 2. The molecule has 0 unspecified atom stereocenters. The number of aromatic nitrogens is 1. The van der Waals surface area contributed by atoms with Gasteiger partial charge in [-0.1, -0.05) is 6.92 Å². The first-order chi connectivity index (χ1) is 15.3. The van der Waals surface area contributed by atoms with E-state index in [4.69, 9.17) is 9.57 Å². The fraction of sp³-hybridized carbons (Fsp3) is 0.565. The minimum Gasteiger partial charge on any atom is -0.383 e. The largest absolute Gasteiger partial charge is 0.383 e. The van der Waals surface area contributed by atoms with Crippen molar-refractivity contribution >= 4 is 17.5 Å². The fourth-order valence-corrected chi connectivity index (χ4v) is 3.47. The van der Waals surface area contributed by atoms with Crippen LogP contribution in [0.2, 0.25) is 0 Å². The van der Waals surface area contributed by atoms with Crippen molar-refractivity contribution in [3.05, 3.63) is 40.4 Å². The average molecular weight is 446 g/mol. The van der Waals surface area contributed by atoms with E-state index in [0.29, 0.717) is 55.4 Å². The number of rotatable bonds is 10. The minimum absolute atomic E-state index is 0.0731. The zero-order valence-corrected chi connectivity index (χ0v) is 19.9. The van der Waals surface area contributed by atoms with Crippen molar-refractivity contribution in [2.75, 3.05) is 40.5 Å². The Balaban J connectivity index is 2.08. The third kappa shape index (κ3) is 6.94. The Morgan fingerprint density at radius 2 is 2.12 bits per heavy atom. The van der Waals surface area contributed by atoms with E-state index in [1.807, 2.05) is 33.8 Å². The van der Waals surface area contributed by atoms with Crippen LogP contribution in [-0.2, 0) is 9.57 Å². The molecule has 0 radical (unpaired) electrons. The van der Waals surface area contributed by atoms with Crippen LogP contribution in [0.5, 0.6) is 0 Å². The summed E-state index contributed by atoms with van der Waals surface area (Å²) in [7, 11) is 3.32. The quantitative estimate of drug-likeness (QED) is 0.424. The first-order valence-corrected chi connectivity index (χ1v) is 10.9. The van der Waals surface area contributed by atoms with Crippen molar-refractivity contribution in [1.29, 1.82) is 0 Å². The van der Waals surface area contributed by atoms with Crippen molar-refractivity contribution in [1.82, 2.24) is 20.7 Å². The van der Waals surface area contributed by atoms with Crippen LogP contribution in [-0.4, -0.2) is 74.1 Å². The summed E-state index contributed by atoms with van der Waals surface area (Å²) < 4.78 is 5.05. The molecule has 0 aliphatic carbocycles. The molecule has 176 valence electrons. The van der Waals surface area contributed by atoms with Gasteiger partial charge in [0.2, 0.25) is 0 Å². The monoisotopic (exact) mass is 445 g/mol. The number of amides is 2. The zero-order chi connectivity index (χ0) is 23.7. The Morgan fingerprint density at radius 3 is 2.78 bits per heavy atom. The Hall–Kier alpha value is -2.62. The number of ketones is 1. The van der Waals surface area contributed by atoms with Gasteiger partial charge < -0.3 is 15.4 Å². The van der Waals surface area contributed by atoms with Crippen LogP contribution < -0.4 is 10.6 Å². The molecule has 2 heterocycles. The molecule has 0 bridgehead atoms. The van der Waals surface area contributed by atoms with Gasteiger partial charge >= 0.3 is 6.03 Å². The zero-order valence-electron chi connectivity index (χ0n) is 19.9. The highest BCUT2D eigenvalue weighted by molar-refractivity contribution is 6.13. The van der Waals surface area contributed by atoms with E-state index >= 15 is 0 Å². The average Bonchev–Trinajstić information content (AvgIpc) is 3.20. The summed E-state index contributed by atoms with van der Waals surface area (Å²) in [6, 6.07) is 1.43. The smallest absolute Gasteiger partial charge is 0.319 e. The molecule has 9 heteroatoms. The molecule has 1 fully saturated rings. The van der Waals surface area contributed by atoms with E-state index in [1.54, 1.807) is 25.4 Å². The number of nitrogens with zero attached hydrogens (tertiary/aromatic N) is 3. The second-order valence-electron chi connectivity index (χ2n) is 7.82. The molecular weight excluding hydrogens is 410 g/mol. The third-order valence-electron chi connectivity index (χ3n) is 5.34. The Labute approximate surface area is 190 Å². The fourth-order valence-electron chi connectivity index (χ4n) is 3.47. The third-order valence-corrected chi connectivity index (χ3v) is 5.34. The minimum atomic E-state index is -0.305. The molecule has 2 N–H and O–H groups in total. The number of hydrogen-bond acceptors (Lipinski definition) is 7. The van der Waals surface area contributed by atoms with Crippen LogP contribution in [0.25, 0.3) is 0 Å². The molecule has 9 nitrogen and oxygen atoms in total. The van der Waals surface area contributed by atoms with Gasteiger partial charge in [0.15, 0.2) is 5.78 Å². The van der Waals surface area contributed by atoms with Gasteiger partial charge in [-0.15, -0.1) is 0 Å². The number of allylic oxidation sites excluding steroid dienone is 2. The molecule has 32 heavy (non-hydrogen) atoms. The Kier molecular flexibility index (Phi) is 9.96. The number of carbonyl (C=O) groups is 2. The first-order valence-electron chi connectivity index (χ1n) is 10.9. The van der Waals surface area contributed by atoms with Crippen molar-refractivity contribution in [2.45, 2.75) is 46.6 Å². The number of methoxy groups -OCH3 is 1. The number of hydrogen-bond donors (Lipinski definition) is 2. The van der Waals surface area contributed by atoms with E-state index in [1.165, 1.54) is 0 Å². The van der Waals surface area contributed by atoms with E-state index in [0.717, 1.165) is 17.6 Å². The van der Waals surface area contributed by atoms with Gasteiger partial charge in [-0.3, -0.25) is 19.6 Å². The summed E-state index contributed by atoms with van der Waals surface area (Å²) >= 11 is 0. The predicted octanol–water partition coefficient (Wildman–Crippen LogP) is 2.65. The van der Waals surface area contributed by atoms with E-state index < -0.39 is 0 Å². The van der Waals surface area contributed by atoms with Crippen molar-refractivity contribution in [2.24, 2.45) is 4.99 Å². The molecule has 0 spiro atoms. The lowest BCUT2D eigenvalue weighted by atomic mass is 9.98.